The first-order valence-electron chi connectivity index (χ1n) is 8.99. The molecular weight excluding hydrogens is 362 g/mol. The third kappa shape index (κ3) is 4.54. The summed E-state index contributed by atoms with van der Waals surface area (Å²) >= 11 is 1.55. The summed E-state index contributed by atoms with van der Waals surface area (Å²) in [4.78, 5) is 20.0. The van der Waals surface area contributed by atoms with Crippen LogP contribution in [-0.4, -0.2) is 33.6 Å². The van der Waals surface area contributed by atoms with Crippen molar-refractivity contribution in [2.24, 2.45) is 0 Å². The summed E-state index contributed by atoms with van der Waals surface area (Å²) < 4.78 is 11.3. The summed E-state index contributed by atoms with van der Waals surface area (Å²) in [7, 11) is 0. The van der Waals surface area contributed by atoms with Crippen LogP contribution in [0.5, 0.6) is 5.75 Å². The third-order valence-corrected chi connectivity index (χ3v) is 5.10. The second-order valence-electron chi connectivity index (χ2n) is 6.12. The number of ether oxygens (including phenoxy) is 1. The second kappa shape index (κ2) is 8.81. The van der Waals surface area contributed by atoms with Gasteiger partial charge in [-0.3, -0.25) is 4.79 Å². The van der Waals surface area contributed by atoms with Crippen LogP contribution >= 0.6 is 11.3 Å². The lowest BCUT2D eigenvalue weighted by Gasteiger charge is -2.25. The van der Waals surface area contributed by atoms with Gasteiger partial charge in [-0.2, -0.15) is 4.98 Å². The van der Waals surface area contributed by atoms with E-state index in [0.717, 1.165) is 16.2 Å². The van der Waals surface area contributed by atoms with Gasteiger partial charge in [0.2, 0.25) is 11.7 Å². The lowest BCUT2D eigenvalue weighted by Crippen LogP contribution is -2.41. The van der Waals surface area contributed by atoms with Gasteiger partial charge in [0.25, 0.3) is 5.91 Å². The van der Waals surface area contributed by atoms with Crippen molar-refractivity contribution in [2.45, 2.75) is 39.8 Å². The first-order valence-corrected chi connectivity index (χ1v) is 9.87. The molecule has 2 aromatic heterocycles. The molecule has 1 amide bonds. The van der Waals surface area contributed by atoms with E-state index in [1.165, 1.54) is 0 Å². The number of para-hydroxylation sites is 1. The Balaban J connectivity index is 1.70. The topological polar surface area (TPSA) is 68.5 Å². The minimum Gasteiger partial charge on any atom is -0.480 e. The summed E-state index contributed by atoms with van der Waals surface area (Å²) in [5, 5.41) is 5.97. The van der Waals surface area contributed by atoms with E-state index in [1.54, 1.807) is 16.2 Å². The Morgan fingerprint density at radius 1 is 1.26 bits per heavy atom. The van der Waals surface area contributed by atoms with Gasteiger partial charge >= 0.3 is 0 Å². The second-order valence-corrected chi connectivity index (χ2v) is 7.07. The molecule has 0 saturated carbocycles. The minimum absolute atomic E-state index is 0.0841. The molecule has 1 aromatic carbocycles. The molecule has 0 spiro atoms. The van der Waals surface area contributed by atoms with Crippen molar-refractivity contribution in [3.8, 4) is 16.5 Å². The number of hydrogen-bond donors (Lipinski definition) is 0. The summed E-state index contributed by atoms with van der Waals surface area (Å²) in [5.74, 6) is 1.61. The highest BCUT2D eigenvalue weighted by atomic mass is 32.1. The Kier molecular flexibility index (Phi) is 6.24. The normalized spacial score (nSPS) is 12.0. The van der Waals surface area contributed by atoms with Gasteiger partial charge in [0.15, 0.2) is 6.10 Å². The van der Waals surface area contributed by atoms with Crippen LogP contribution in [0.4, 0.5) is 0 Å². The van der Waals surface area contributed by atoms with Crippen molar-refractivity contribution < 1.29 is 14.1 Å². The van der Waals surface area contributed by atoms with E-state index in [-0.39, 0.29) is 12.5 Å². The fraction of sp³-hybridized carbons (Fsp3) is 0.350. The van der Waals surface area contributed by atoms with Crippen LogP contribution in [0.3, 0.4) is 0 Å². The summed E-state index contributed by atoms with van der Waals surface area (Å²) in [6.45, 7) is 6.63. The van der Waals surface area contributed by atoms with Crippen molar-refractivity contribution >= 4 is 17.2 Å². The molecule has 1 atom stereocenters. The minimum atomic E-state index is -0.550. The predicted molar refractivity (Wildman–Crippen MR) is 105 cm³/mol. The molecule has 3 aromatic rings. The molecule has 0 aliphatic heterocycles. The van der Waals surface area contributed by atoms with Crippen LogP contribution in [0.15, 0.2) is 46.3 Å². The predicted octanol–water partition coefficient (Wildman–Crippen LogP) is 4.31. The molecule has 0 bridgehead atoms. The maximum absolute atomic E-state index is 13.0. The van der Waals surface area contributed by atoms with Crippen LogP contribution in [0.2, 0.25) is 0 Å². The molecule has 2 heterocycles. The lowest BCUT2D eigenvalue weighted by molar-refractivity contribution is -0.139. The monoisotopic (exact) mass is 385 g/mol. The largest absolute Gasteiger partial charge is 0.480 e. The smallest absolute Gasteiger partial charge is 0.264 e. The molecule has 0 radical (unpaired) electrons. The summed E-state index contributed by atoms with van der Waals surface area (Å²) in [6.07, 6.45) is 0.0271. The molecule has 7 heteroatoms. The lowest BCUT2D eigenvalue weighted by atomic mass is 10.2. The molecule has 0 fully saturated rings. The number of carbonyl (C=O) groups is 1. The van der Waals surface area contributed by atoms with Crippen molar-refractivity contribution in [2.75, 3.05) is 6.54 Å². The highest BCUT2D eigenvalue weighted by Crippen LogP contribution is 2.22. The Morgan fingerprint density at radius 3 is 2.74 bits per heavy atom. The van der Waals surface area contributed by atoms with Gasteiger partial charge in [0.05, 0.1) is 4.88 Å². The first-order chi connectivity index (χ1) is 13.1. The van der Waals surface area contributed by atoms with Crippen molar-refractivity contribution in [3.05, 3.63) is 53.2 Å². The average Bonchev–Trinajstić information content (AvgIpc) is 3.36. The van der Waals surface area contributed by atoms with Crippen molar-refractivity contribution in [1.82, 2.24) is 15.0 Å². The van der Waals surface area contributed by atoms with Gasteiger partial charge in [0.1, 0.15) is 12.3 Å². The number of amides is 1. The number of aromatic nitrogens is 2. The Morgan fingerprint density at radius 2 is 2.07 bits per heavy atom. The fourth-order valence-corrected chi connectivity index (χ4v) is 3.34. The number of aryl methyl sites for hydroxylation is 1. The van der Waals surface area contributed by atoms with E-state index in [9.17, 15) is 4.79 Å². The van der Waals surface area contributed by atoms with Crippen molar-refractivity contribution in [1.29, 1.82) is 0 Å². The molecule has 6 nitrogen and oxygen atoms in total. The molecular formula is C20H23N3O3S. The van der Waals surface area contributed by atoms with E-state index in [1.807, 2.05) is 62.5 Å². The quantitative estimate of drug-likeness (QED) is 0.578. The molecule has 3 rings (SSSR count). The van der Waals surface area contributed by atoms with E-state index in [2.05, 4.69) is 10.1 Å². The van der Waals surface area contributed by atoms with Crippen LogP contribution < -0.4 is 4.74 Å². The molecule has 27 heavy (non-hydrogen) atoms. The van der Waals surface area contributed by atoms with Crippen LogP contribution in [-0.2, 0) is 11.3 Å². The Bertz CT molecular complexity index is 876. The van der Waals surface area contributed by atoms with Gasteiger partial charge in [-0.15, -0.1) is 11.3 Å². The first kappa shape index (κ1) is 19.1. The van der Waals surface area contributed by atoms with E-state index in [0.29, 0.717) is 24.7 Å². The molecule has 0 N–H and O–H groups in total. The van der Waals surface area contributed by atoms with Crippen LogP contribution in [0, 0.1) is 6.92 Å². The fourth-order valence-electron chi connectivity index (χ4n) is 2.69. The van der Waals surface area contributed by atoms with Gasteiger partial charge in [-0.05, 0) is 43.3 Å². The maximum Gasteiger partial charge on any atom is 0.264 e. The maximum atomic E-state index is 13.0. The van der Waals surface area contributed by atoms with Gasteiger partial charge in [-0.1, -0.05) is 36.3 Å². The Hall–Kier alpha value is -2.67. The zero-order valence-corrected chi connectivity index (χ0v) is 16.5. The standard InChI is InChI=1S/C20H23N3O3S/c1-4-15(25-16-10-7-6-9-14(16)3)20(24)23(5-2)13-18-21-19(22-26-18)17-11-8-12-27-17/h6-12,15H,4-5,13H2,1-3H3/t15-/m0/s1. The van der Waals surface area contributed by atoms with Crippen molar-refractivity contribution in [3.63, 3.8) is 0 Å². The van der Waals surface area contributed by atoms with Gasteiger partial charge < -0.3 is 14.2 Å². The van der Waals surface area contributed by atoms with E-state index in [4.69, 9.17) is 9.26 Å². The van der Waals surface area contributed by atoms with E-state index < -0.39 is 6.10 Å². The molecule has 0 aliphatic carbocycles. The Labute approximate surface area is 162 Å². The highest BCUT2D eigenvalue weighted by Gasteiger charge is 2.26. The van der Waals surface area contributed by atoms with E-state index >= 15 is 0 Å². The molecule has 142 valence electrons. The highest BCUT2D eigenvalue weighted by molar-refractivity contribution is 7.13. The number of nitrogens with zero attached hydrogens (tertiary/aromatic N) is 3. The summed E-state index contributed by atoms with van der Waals surface area (Å²) in [5.41, 5.74) is 1.00. The number of hydrogen-bond acceptors (Lipinski definition) is 6. The number of carbonyl (C=O) groups excluding carboxylic acids is 1. The third-order valence-electron chi connectivity index (χ3n) is 4.24. The van der Waals surface area contributed by atoms with Crippen LogP contribution in [0.1, 0.15) is 31.7 Å². The number of benzene rings is 1. The summed E-state index contributed by atoms with van der Waals surface area (Å²) in [6, 6.07) is 11.6. The number of rotatable bonds is 8. The van der Waals surface area contributed by atoms with Gasteiger partial charge in [0, 0.05) is 6.54 Å². The van der Waals surface area contributed by atoms with Gasteiger partial charge in [-0.25, -0.2) is 0 Å². The average molecular weight is 385 g/mol. The molecule has 0 aliphatic rings. The molecule has 0 saturated heterocycles. The number of thiophene rings is 1. The number of likely N-dealkylation sites (N-methyl/N-ethyl adjacent to an activating group) is 1. The molecule has 0 unspecified atom stereocenters. The van der Waals surface area contributed by atoms with Crippen LogP contribution in [0.25, 0.3) is 10.7 Å². The zero-order valence-electron chi connectivity index (χ0n) is 15.7. The SMILES string of the molecule is CC[C@H](Oc1ccccc1C)C(=O)N(CC)Cc1nc(-c2cccs2)no1. The zero-order chi connectivity index (χ0) is 19.2.